The van der Waals surface area contributed by atoms with Crippen molar-refractivity contribution in [3.8, 4) is 0 Å². The maximum atomic E-state index is 12.9. The average molecular weight is 509 g/mol. The first-order valence-corrected chi connectivity index (χ1v) is 14.1. The van der Waals surface area contributed by atoms with Crippen molar-refractivity contribution in [3.05, 3.63) is 0 Å². The summed E-state index contributed by atoms with van der Waals surface area (Å²) >= 11 is 0. The summed E-state index contributed by atoms with van der Waals surface area (Å²) in [6.45, 7) is -0.851. The Morgan fingerprint density at radius 1 is 0.583 bits per heavy atom. The molecular formula is C28H44O8. The summed E-state index contributed by atoms with van der Waals surface area (Å²) in [6.07, 6.45) is 11.6. The summed E-state index contributed by atoms with van der Waals surface area (Å²) in [4.78, 5) is 25.9. The van der Waals surface area contributed by atoms with E-state index in [4.69, 9.17) is 24.8 Å². The van der Waals surface area contributed by atoms with E-state index in [2.05, 4.69) is 0 Å². The maximum absolute atomic E-state index is 12.9. The molecule has 0 aromatic rings. The standard InChI is InChI=1S/C25H36O5.C3H8O3/c26-21(13-29-22(27)24-7-15-1-16(8-24)3-17(2-15)9-24)14-30-23(28)25-10-18-4-19(11-25)6-20(5-18)12-25;4-1-3(6)2-5/h15-21,26H,1-14H2;3-6H,1-2H2. The number of aliphatic hydroxyl groups excluding tert-OH is 4. The molecule has 4 N–H and O–H groups in total. The lowest BCUT2D eigenvalue weighted by molar-refractivity contribution is -0.180. The molecule has 0 radical (unpaired) electrons. The largest absolute Gasteiger partial charge is 0.462 e. The first kappa shape index (κ1) is 26.4. The third-order valence-corrected chi connectivity index (χ3v) is 10.2. The molecule has 0 atom stereocenters. The molecule has 8 saturated carbocycles. The molecule has 8 fully saturated rings. The van der Waals surface area contributed by atoms with E-state index in [1.165, 1.54) is 38.5 Å². The summed E-state index contributed by atoms with van der Waals surface area (Å²) in [5.74, 6) is 3.90. The van der Waals surface area contributed by atoms with Crippen molar-refractivity contribution < 1.29 is 39.5 Å². The molecule has 0 saturated heterocycles. The van der Waals surface area contributed by atoms with E-state index in [1.54, 1.807) is 0 Å². The minimum atomic E-state index is -0.954. The average Bonchev–Trinajstić information content (AvgIpc) is 2.84. The Bertz CT molecular complexity index is 675. The zero-order chi connectivity index (χ0) is 25.5. The molecule has 0 aromatic heterocycles. The number of carbonyl (C=O) groups excluding carboxylic acids is 2. The predicted octanol–water partition coefficient (Wildman–Crippen LogP) is 2.20. The van der Waals surface area contributed by atoms with Crippen LogP contribution in [0.1, 0.15) is 77.0 Å². The van der Waals surface area contributed by atoms with Gasteiger partial charge in [-0.2, -0.15) is 0 Å². The Morgan fingerprint density at radius 2 is 0.861 bits per heavy atom. The van der Waals surface area contributed by atoms with Gasteiger partial charge in [-0.15, -0.1) is 0 Å². The number of hydrogen-bond donors (Lipinski definition) is 4. The van der Waals surface area contributed by atoms with Crippen molar-refractivity contribution in [2.75, 3.05) is 26.4 Å². The van der Waals surface area contributed by atoms with Crippen LogP contribution in [-0.2, 0) is 19.1 Å². The lowest BCUT2D eigenvalue weighted by atomic mass is 9.49. The third-order valence-electron chi connectivity index (χ3n) is 10.2. The van der Waals surface area contributed by atoms with Crippen LogP contribution in [0.3, 0.4) is 0 Å². The minimum absolute atomic E-state index is 0.0608. The molecule has 0 heterocycles. The molecule has 204 valence electrons. The maximum Gasteiger partial charge on any atom is 0.312 e. The zero-order valence-corrected chi connectivity index (χ0v) is 21.4. The van der Waals surface area contributed by atoms with Gasteiger partial charge in [0.2, 0.25) is 0 Å². The van der Waals surface area contributed by atoms with E-state index >= 15 is 0 Å². The minimum Gasteiger partial charge on any atom is -0.462 e. The first-order chi connectivity index (χ1) is 17.2. The second-order valence-corrected chi connectivity index (χ2v) is 13.3. The van der Waals surface area contributed by atoms with Crippen molar-refractivity contribution in [1.29, 1.82) is 0 Å². The van der Waals surface area contributed by atoms with Gasteiger partial charge < -0.3 is 29.9 Å². The fraction of sp³-hybridized carbons (Fsp3) is 0.929. The van der Waals surface area contributed by atoms with Crippen molar-refractivity contribution in [3.63, 3.8) is 0 Å². The van der Waals surface area contributed by atoms with Gasteiger partial charge >= 0.3 is 11.9 Å². The van der Waals surface area contributed by atoms with Crippen LogP contribution in [0, 0.1) is 46.3 Å². The Kier molecular flexibility index (Phi) is 7.70. The Balaban J connectivity index is 0.000000400. The van der Waals surface area contributed by atoms with Crippen LogP contribution in [-0.4, -0.2) is 71.0 Å². The van der Waals surface area contributed by atoms with E-state index in [0.29, 0.717) is 35.5 Å². The van der Waals surface area contributed by atoms with Crippen LogP contribution >= 0.6 is 0 Å². The Labute approximate surface area is 213 Å². The molecule has 8 nitrogen and oxygen atoms in total. The molecule has 8 bridgehead atoms. The van der Waals surface area contributed by atoms with Gasteiger partial charge in [0.1, 0.15) is 25.4 Å². The second-order valence-electron chi connectivity index (χ2n) is 13.3. The van der Waals surface area contributed by atoms with Gasteiger partial charge in [0.15, 0.2) is 0 Å². The molecule has 0 amide bonds. The van der Waals surface area contributed by atoms with E-state index in [9.17, 15) is 14.7 Å². The van der Waals surface area contributed by atoms with E-state index in [-0.39, 0.29) is 49.2 Å². The van der Waals surface area contributed by atoms with Gasteiger partial charge in [-0.25, -0.2) is 0 Å². The molecule has 8 heteroatoms. The lowest BCUT2D eigenvalue weighted by Crippen LogP contribution is -2.51. The van der Waals surface area contributed by atoms with E-state index in [0.717, 1.165) is 38.5 Å². The quantitative estimate of drug-likeness (QED) is 0.367. The van der Waals surface area contributed by atoms with Crippen LogP contribution in [0.25, 0.3) is 0 Å². The highest BCUT2D eigenvalue weighted by Gasteiger charge is 2.56. The van der Waals surface area contributed by atoms with Crippen molar-refractivity contribution in [2.45, 2.75) is 89.3 Å². The van der Waals surface area contributed by atoms with Crippen LogP contribution < -0.4 is 0 Å². The molecule has 8 rings (SSSR count). The summed E-state index contributed by atoms with van der Waals surface area (Å²) in [6, 6.07) is 0. The second kappa shape index (κ2) is 10.5. The van der Waals surface area contributed by atoms with Crippen molar-refractivity contribution in [1.82, 2.24) is 0 Å². The number of ether oxygens (including phenoxy) is 2. The number of hydrogen-bond acceptors (Lipinski definition) is 8. The number of aliphatic hydroxyl groups is 4. The predicted molar refractivity (Wildman–Crippen MR) is 129 cm³/mol. The molecular weight excluding hydrogens is 464 g/mol. The monoisotopic (exact) mass is 508 g/mol. The Hall–Kier alpha value is -1.22. The summed E-state index contributed by atoms with van der Waals surface area (Å²) < 4.78 is 11.2. The highest BCUT2D eigenvalue weighted by Crippen LogP contribution is 2.61. The van der Waals surface area contributed by atoms with Crippen LogP contribution in [0.15, 0.2) is 0 Å². The van der Waals surface area contributed by atoms with Crippen molar-refractivity contribution >= 4 is 11.9 Å². The fourth-order valence-corrected chi connectivity index (χ4v) is 9.48. The lowest BCUT2D eigenvalue weighted by Gasteiger charge is -2.55. The van der Waals surface area contributed by atoms with E-state index in [1.807, 2.05) is 0 Å². The number of rotatable bonds is 8. The number of carbonyl (C=O) groups is 2. The molecule has 0 aromatic carbocycles. The van der Waals surface area contributed by atoms with E-state index < -0.39 is 12.2 Å². The third kappa shape index (κ3) is 5.33. The van der Waals surface area contributed by atoms with Gasteiger partial charge in [-0.05, 0) is 113 Å². The van der Waals surface area contributed by atoms with Gasteiger partial charge in [-0.3, -0.25) is 9.59 Å². The van der Waals surface area contributed by atoms with Crippen LogP contribution in [0.2, 0.25) is 0 Å². The topological polar surface area (TPSA) is 134 Å². The first-order valence-electron chi connectivity index (χ1n) is 14.1. The normalized spacial score (nSPS) is 42.1. The summed E-state index contributed by atoms with van der Waals surface area (Å²) in [5, 5.41) is 34.4. The molecule has 0 aliphatic heterocycles. The zero-order valence-electron chi connectivity index (χ0n) is 21.4. The smallest absolute Gasteiger partial charge is 0.312 e. The molecule has 0 spiro atoms. The summed E-state index contributed by atoms with van der Waals surface area (Å²) in [7, 11) is 0. The van der Waals surface area contributed by atoms with Crippen LogP contribution in [0.4, 0.5) is 0 Å². The number of esters is 2. The molecule has 0 unspecified atom stereocenters. The van der Waals surface area contributed by atoms with Gasteiger partial charge in [0.05, 0.1) is 24.0 Å². The Morgan fingerprint density at radius 3 is 1.08 bits per heavy atom. The van der Waals surface area contributed by atoms with Gasteiger partial charge in [0.25, 0.3) is 0 Å². The van der Waals surface area contributed by atoms with Crippen molar-refractivity contribution in [2.24, 2.45) is 46.3 Å². The SMILES string of the molecule is O=C(OCC(O)COC(=O)C12CC3CC(CC(C3)C1)C2)C12CC3CC(CC(C3)C1)C2.OCC(O)CO. The highest BCUT2D eigenvalue weighted by atomic mass is 16.6. The summed E-state index contributed by atoms with van der Waals surface area (Å²) in [5.41, 5.74) is -0.602. The van der Waals surface area contributed by atoms with Gasteiger partial charge in [-0.1, -0.05) is 0 Å². The molecule has 8 aliphatic carbocycles. The molecule has 8 aliphatic rings. The van der Waals surface area contributed by atoms with Gasteiger partial charge in [0, 0.05) is 0 Å². The highest BCUT2D eigenvalue weighted by molar-refractivity contribution is 5.78. The molecule has 36 heavy (non-hydrogen) atoms. The fourth-order valence-electron chi connectivity index (χ4n) is 9.48. The van der Waals surface area contributed by atoms with Crippen LogP contribution in [0.5, 0.6) is 0 Å².